The molecule has 2 rings (SSSR count). The Morgan fingerprint density at radius 3 is 2.00 bits per heavy atom. The van der Waals surface area contributed by atoms with Crippen LogP contribution in [0.2, 0.25) is 0 Å². The van der Waals surface area contributed by atoms with Crippen LogP contribution in [0.4, 0.5) is 16.2 Å². The van der Waals surface area contributed by atoms with Crippen LogP contribution in [-0.4, -0.2) is 30.2 Å². The maximum atomic E-state index is 12.4. The number of carbonyl (C=O) groups excluding carboxylic acids is 2. The Bertz CT molecular complexity index is 618. The molecule has 7 heteroatoms. The first-order valence-corrected chi connectivity index (χ1v) is 7.46. The molecule has 0 saturated heterocycles. The number of rotatable bonds is 2. The van der Waals surface area contributed by atoms with E-state index in [1.54, 1.807) is 32.9 Å². The van der Waals surface area contributed by atoms with Crippen molar-refractivity contribution < 1.29 is 14.3 Å². The van der Waals surface area contributed by atoms with E-state index in [9.17, 15) is 9.59 Å². The zero-order valence-corrected chi connectivity index (χ0v) is 13.9. The van der Waals surface area contributed by atoms with Gasteiger partial charge in [0, 0.05) is 19.9 Å². The number of nitrogen functional groups attached to an aromatic ring is 2. The van der Waals surface area contributed by atoms with Crippen LogP contribution in [0.5, 0.6) is 0 Å². The van der Waals surface area contributed by atoms with Crippen LogP contribution in [-0.2, 0) is 22.4 Å². The molecule has 126 valence electrons. The van der Waals surface area contributed by atoms with E-state index >= 15 is 0 Å². The monoisotopic (exact) mass is 320 g/mol. The highest BCUT2D eigenvalue weighted by Crippen LogP contribution is 2.34. The second-order valence-electron chi connectivity index (χ2n) is 6.89. The first-order valence-electron chi connectivity index (χ1n) is 7.46. The number of nitrogens with one attached hydrogen (secondary N) is 2. The molecule has 0 atom stereocenters. The van der Waals surface area contributed by atoms with E-state index < -0.39 is 17.2 Å². The summed E-state index contributed by atoms with van der Waals surface area (Å²) in [7, 11) is 1.53. The van der Waals surface area contributed by atoms with Gasteiger partial charge in [0.05, 0.1) is 11.4 Å². The molecular formula is C16H24N4O3. The summed E-state index contributed by atoms with van der Waals surface area (Å²) in [4.78, 5) is 24.6. The maximum Gasteiger partial charge on any atom is 0.408 e. The zero-order chi connectivity index (χ0) is 17.4. The number of anilines is 2. The van der Waals surface area contributed by atoms with Crippen LogP contribution in [0.1, 0.15) is 31.9 Å². The summed E-state index contributed by atoms with van der Waals surface area (Å²) in [6.07, 6.45) is 0.0483. The number of carbonyl (C=O) groups is 2. The van der Waals surface area contributed by atoms with Gasteiger partial charge >= 0.3 is 6.09 Å². The van der Waals surface area contributed by atoms with Gasteiger partial charge in [0.1, 0.15) is 11.1 Å². The number of benzene rings is 1. The van der Waals surface area contributed by atoms with Crippen molar-refractivity contribution >= 4 is 23.4 Å². The first-order chi connectivity index (χ1) is 10.6. The van der Waals surface area contributed by atoms with Crippen molar-refractivity contribution in [2.45, 2.75) is 44.8 Å². The molecule has 0 saturated carbocycles. The standard InChI is InChI=1S/C16H24N4O3/c1-15(2,3)23-14(22)20-16(13(21)19-4)7-9-5-11(17)12(18)6-10(9)8-16/h5-6H,7-8,17-18H2,1-4H3,(H,19,21)(H,20,22). The Morgan fingerprint density at radius 1 is 1.13 bits per heavy atom. The maximum absolute atomic E-state index is 12.4. The van der Waals surface area contributed by atoms with Gasteiger partial charge in [0.2, 0.25) is 5.91 Å². The summed E-state index contributed by atoms with van der Waals surface area (Å²) in [5, 5.41) is 5.34. The molecule has 1 aromatic rings. The number of hydrogen-bond donors (Lipinski definition) is 4. The molecule has 0 bridgehead atoms. The van der Waals surface area contributed by atoms with Gasteiger partial charge in [0.15, 0.2) is 0 Å². The minimum atomic E-state index is -1.10. The van der Waals surface area contributed by atoms with Crippen LogP contribution < -0.4 is 22.1 Å². The molecule has 1 aromatic carbocycles. The summed E-state index contributed by atoms with van der Waals surface area (Å²) in [6.45, 7) is 5.30. The summed E-state index contributed by atoms with van der Waals surface area (Å²) < 4.78 is 5.29. The van der Waals surface area contributed by atoms with E-state index in [0.717, 1.165) is 11.1 Å². The predicted octanol–water partition coefficient (Wildman–Crippen LogP) is 0.959. The fourth-order valence-corrected chi connectivity index (χ4v) is 2.81. The molecule has 1 aliphatic carbocycles. The fraction of sp³-hybridized carbons (Fsp3) is 0.500. The Labute approximate surface area is 135 Å². The highest BCUT2D eigenvalue weighted by atomic mass is 16.6. The molecule has 0 spiro atoms. The van der Waals surface area contributed by atoms with E-state index in [0.29, 0.717) is 24.2 Å². The summed E-state index contributed by atoms with van der Waals surface area (Å²) in [6, 6.07) is 3.51. The molecule has 0 aliphatic heterocycles. The quantitative estimate of drug-likeness (QED) is 0.605. The van der Waals surface area contributed by atoms with Gasteiger partial charge in [-0.1, -0.05) is 0 Å². The van der Waals surface area contributed by atoms with Crippen LogP contribution >= 0.6 is 0 Å². The second kappa shape index (κ2) is 5.64. The van der Waals surface area contributed by atoms with Gasteiger partial charge in [-0.3, -0.25) is 4.79 Å². The number of alkyl carbamates (subject to hydrolysis) is 1. The van der Waals surface area contributed by atoms with Gasteiger partial charge in [-0.25, -0.2) is 4.79 Å². The first kappa shape index (κ1) is 16.9. The Hall–Kier alpha value is -2.44. The molecule has 23 heavy (non-hydrogen) atoms. The van der Waals surface area contributed by atoms with Gasteiger partial charge in [-0.2, -0.15) is 0 Å². The molecule has 0 aromatic heterocycles. The highest BCUT2D eigenvalue weighted by Gasteiger charge is 2.45. The lowest BCUT2D eigenvalue weighted by molar-refractivity contribution is -0.126. The van der Waals surface area contributed by atoms with Crippen molar-refractivity contribution in [1.29, 1.82) is 0 Å². The third-order valence-corrected chi connectivity index (χ3v) is 3.79. The second-order valence-corrected chi connectivity index (χ2v) is 6.89. The minimum Gasteiger partial charge on any atom is -0.444 e. The SMILES string of the molecule is CNC(=O)C1(NC(=O)OC(C)(C)C)Cc2cc(N)c(N)cc2C1. The van der Waals surface area contributed by atoms with Crippen LogP contribution in [0.25, 0.3) is 0 Å². The van der Waals surface area contributed by atoms with Crippen molar-refractivity contribution in [1.82, 2.24) is 10.6 Å². The molecule has 0 fully saturated rings. The molecule has 1 aliphatic rings. The number of likely N-dealkylation sites (N-methyl/N-ethyl adjacent to an activating group) is 1. The topological polar surface area (TPSA) is 119 Å². The average Bonchev–Trinajstić information content (AvgIpc) is 2.74. The summed E-state index contributed by atoms with van der Waals surface area (Å²) in [5.74, 6) is -0.281. The molecular weight excluding hydrogens is 296 g/mol. The predicted molar refractivity (Wildman–Crippen MR) is 88.8 cm³/mol. The Kier molecular flexibility index (Phi) is 4.15. The third kappa shape index (κ3) is 3.49. The van der Waals surface area contributed by atoms with Crippen LogP contribution in [0.15, 0.2) is 12.1 Å². The number of ether oxygens (including phenoxy) is 1. The highest BCUT2D eigenvalue weighted by molar-refractivity contribution is 5.92. The smallest absolute Gasteiger partial charge is 0.408 e. The number of hydrogen-bond acceptors (Lipinski definition) is 5. The largest absolute Gasteiger partial charge is 0.444 e. The Morgan fingerprint density at radius 2 is 1.61 bits per heavy atom. The van der Waals surface area contributed by atoms with E-state index in [-0.39, 0.29) is 5.91 Å². The van der Waals surface area contributed by atoms with Crippen LogP contribution in [0.3, 0.4) is 0 Å². The Balaban J connectivity index is 2.30. The van der Waals surface area contributed by atoms with Crippen molar-refractivity contribution in [2.24, 2.45) is 0 Å². The summed E-state index contributed by atoms with van der Waals surface area (Å²) in [5.41, 5.74) is 12.7. The lowest BCUT2D eigenvalue weighted by atomic mass is 9.94. The zero-order valence-electron chi connectivity index (χ0n) is 13.9. The van der Waals surface area contributed by atoms with Crippen LogP contribution in [0, 0.1) is 0 Å². The molecule has 0 unspecified atom stereocenters. The molecule has 7 nitrogen and oxygen atoms in total. The van der Waals surface area contributed by atoms with Gasteiger partial charge < -0.3 is 26.8 Å². The van der Waals surface area contributed by atoms with E-state index in [2.05, 4.69) is 10.6 Å². The molecule has 2 amide bonds. The average molecular weight is 320 g/mol. The third-order valence-electron chi connectivity index (χ3n) is 3.79. The molecule has 6 N–H and O–H groups in total. The van der Waals surface area contributed by atoms with Crippen molar-refractivity contribution in [3.05, 3.63) is 23.3 Å². The van der Waals surface area contributed by atoms with Gasteiger partial charge in [0.25, 0.3) is 0 Å². The lowest BCUT2D eigenvalue weighted by Crippen LogP contribution is -2.59. The fourth-order valence-electron chi connectivity index (χ4n) is 2.81. The number of fused-ring (bicyclic) bond motifs is 1. The number of amides is 2. The van der Waals surface area contributed by atoms with Gasteiger partial charge in [-0.05, 0) is 44.0 Å². The van der Waals surface area contributed by atoms with E-state index in [1.165, 1.54) is 7.05 Å². The van der Waals surface area contributed by atoms with Crippen molar-refractivity contribution in [2.75, 3.05) is 18.5 Å². The molecule has 0 heterocycles. The van der Waals surface area contributed by atoms with Crippen molar-refractivity contribution in [3.8, 4) is 0 Å². The summed E-state index contributed by atoms with van der Waals surface area (Å²) >= 11 is 0. The van der Waals surface area contributed by atoms with E-state index in [1.807, 2.05) is 0 Å². The van der Waals surface area contributed by atoms with Gasteiger partial charge in [-0.15, -0.1) is 0 Å². The minimum absolute atomic E-state index is 0.281. The van der Waals surface area contributed by atoms with Crippen molar-refractivity contribution in [3.63, 3.8) is 0 Å². The normalized spacial score (nSPS) is 15.7. The molecule has 0 radical (unpaired) electrons. The number of nitrogens with two attached hydrogens (primary N) is 2. The van der Waals surface area contributed by atoms with E-state index in [4.69, 9.17) is 16.2 Å². The lowest BCUT2D eigenvalue weighted by Gasteiger charge is -2.30.